The molecule has 0 aliphatic carbocycles. The van der Waals surface area contributed by atoms with E-state index >= 15 is 0 Å². The van der Waals surface area contributed by atoms with Gasteiger partial charge in [-0.15, -0.1) is 0 Å². The van der Waals surface area contributed by atoms with Gasteiger partial charge in [-0.05, 0) is 44.7 Å². The van der Waals surface area contributed by atoms with Gasteiger partial charge in [0.15, 0.2) is 0 Å². The summed E-state index contributed by atoms with van der Waals surface area (Å²) < 4.78 is 40.7. The minimum Gasteiger partial charge on any atom is -0.465 e. The van der Waals surface area contributed by atoms with Crippen LogP contribution < -0.4 is 0 Å². The maximum absolute atomic E-state index is 13.1. The smallest absolute Gasteiger partial charge is 0.282 e. The largest absolute Gasteiger partial charge is 0.465 e. The molecule has 0 amide bonds. The highest BCUT2D eigenvalue weighted by molar-refractivity contribution is 7.86. The Kier molecular flexibility index (Phi) is 5.10. The van der Waals surface area contributed by atoms with Gasteiger partial charge in [0.25, 0.3) is 10.2 Å². The summed E-state index contributed by atoms with van der Waals surface area (Å²) in [4.78, 5) is 0. The van der Waals surface area contributed by atoms with E-state index in [2.05, 4.69) is 0 Å². The molecule has 3 heterocycles. The van der Waals surface area contributed by atoms with Gasteiger partial charge < -0.3 is 9.15 Å². The summed E-state index contributed by atoms with van der Waals surface area (Å²) in [6.07, 6.45) is 3.65. The van der Waals surface area contributed by atoms with Gasteiger partial charge in [0.1, 0.15) is 11.5 Å². The van der Waals surface area contributed by atoms with Crippen LogP contribution in [0.4, 0.5) is 0 Å². The molecular formula is C16H26N2O4S. The summed E-state index contributed by atoms with van der Waals surface area (Å²) in [5, 5.41) is 0. The summed E-state index contributed by atoms with van der Waals surface area (Å²) in [6.45, 7) is 5.96. The molecule has 2 saturated heterocycles. The Bertz CT molecular complexity index is 622. The average Bonchev–Trinajstić information content (AvgIpc) is 3.25. The summed E-state index contributed by atoms with van der Waals surface area (Å²) in [7, 11) is -3.50. The third-order valence-electron chi connectivity index (χ3n) is 4.70. The zero-order valence-corrected chi connectivity index (χ0v) is 14.7. The molecule has 0 spiro atoms. The first-order valence-corrected chi connectivity index (χ1v) is 9.87. The van der Waals surface area contributed by atoms with Crippen LogP contribution in [0, 0.1) is 6.92 Å². The number of rotatable bonds is 6. The number of aryl methyl sites for hydroxylation is 1. The molecule has 0 bridgehead atoms. The number of hydrogen-bond donors (Lipinski definition) is 0. The third-order valence-corrected chi connectivity index (χ3v) is 6.79. The topological polar surface area (TPSA) is 63.0 Å². The number of likely N-dealkylation sites (N-methyl/N-ethyl adjacent to an activating group) is 1. The van der Waals surface area contributed by atoms with Crippen LogP contribution in [0.25, 0.3) is 0 Å². The molecule has 0 radical (unpaired) electrons. The fraction of sp³-hybridized carbons (Fsp3) is 0.750. The van der Waals surface area contributed by atoms with E-state index in [0.717, 1.165) is 43.8 Å². The molecule has 2 fully saturated rings. The van der Waals surface area contributed by atoms with Crippen molar-refractivity contribution in [3.05, 3.63) is 23.7 Å². The summed E-state index contributed by atoms with van der Waals surface area (Å²) in [5.41, 5.74) is 0. The number of ether oxygens (including phenoxy) is 1. The van der Waals surface area contributed by atoms with Crippen molar-refractivity contribution >= 4 is 10.2 Å². The molecule has 0 aromatic carbocycles. The first kappa shape index (κ1) is 17.0. The van der Waals surface area contributed by atoms with E-state index in [1.165, 1.54) is 0 Å². The van der Waals surface area contributed by atoms with Crippen molar-refractivity contribution in [1.29, 1.82) is 0 Å². The highest BCUT2D eigenvalue weighted by Crippen LogP contribution is 2.36. The second-order valence-electron chi connectivity index (χ2n) is 6.31. The van der Waals surface area contributed by atoms with Gasteiger partial charge in [0.2, 0.25) is 0 Å². The quantitative estimate of drug-likeness (QED) is 0.797. The van der Waals surface area contributed by atoms with Gasteiger partial charge in [0, 0.05) is 26.2 Å². The van der Waals surface area contributed by atoms with Crippen LogP contribution in [0.15, 0.2) is 16.5 Å². The Morgan fingerprint density at radius 3 is 2.74 bits per heavy atom. The maximum Gasteiger partial charge on any atom is 0.282 e. The van der Waals surface area contributed by atoms with E-state index in [0.29, 0.717) is 19.6 Å². The molecule has 3 rings (SSSR count). The Morgan fingerprint density at radius 2 is 2.13 bits per heavy atom. The minimum absolute atomic E-state index is 0.0247. The predicted molar refractivity (Wildman–Crippen MR) is 87.3 cm³/mol. The second kappa shape index (κ2) is 6.93. The fourth-order valence-electron chi connectivity index (χ4n) is 3.48. The molecule has 1 aromatic rings. The lowest BCUT2D eigenvalue weighted by Crippen LogP contribution is -2.46. The van der Waals surface area contributed by atoms with Crippen LogP contribution in [0.1, 0.15) is 50.2 Å². The lowest BCUT2D eigenvalue weighted by molar-refractivity contribution is 0.0928. The Labute approximate surface area is 138 Å². The summed E-state index contributed by atoms with van der Waals surface area (Å²) in [5.74, 6) is 1.56. The minimum atomic E-state index is -3.50. The van der Waals surface area contributed by atoms with Crippen molar-refractivity contribution in [2.24, 2.45) is 0 Å². The Hall–Kier alpha value is -0.890. The van der Waals surface area contributed by atoms with Crippen molar-refractivity contribution < 1.29 is 17.6 Å². The molecule has 2 atom stereocenters. The van der Waals surface area contributed by atoms with Gasteiger partial charge in [0.05, 0.1) is 12.1 Å². The van der Waals surface area contributed by atoms with Crippen molar-refractivity contribution in [1.82, 2.24) is 8.61 Å². The van der Waals surface area contributed by atoms with Gasteiger partial charge in [-0.3, -0.25) is 0 Å². The molecule has 2 aliphatic heterocycles. The standard InChI is InChI=1S/C16H26N2O4S/c1-3-17(12-14-6-5-11-21-14)23(19,20)18-10-4-7-15(18)16-9-8-13(2)22-16/h8-9,14-15H,3-7,10-12H2,1-2H3/t14-,15-/m0/s1. The molecule has 0 saturated carbocycles. The lowest BCUT2D eigenvalue weighted by atomic mass is 10.2. The second-order valence-corrected chi connectivity index (χ2v) is 8.19. The molecule has 2 aliphatic rings. The van der Waals surface area contributed by atoms with Gasteiger partial charge in [-0.25, -0.2) is 0 Å². The number of hydrogen-bond acceptors (Lipinski definition) is 4. The van der Waals surface area contributed by atoms with Gasteiger partial charge in [-0.2, -0.15) is 17.0 Å². The highest BCUT2D eigenvalue weighted by Gasteiger charge is 2.40. The van der Waals surface area contributed by atoms with Crippen LogP contribution >= 0.6 is 0 Å². The molecule has 130 valence electrons. The van der Waals surface area contributed by atoms with Crippen molar-refractivity contribution in [3.63, 3.8) is 0 Å². The van der Waals surface area contributed by atoms with Crippen LogP contribution in [-0.2, 0) is 14.9 Å². The van der Waals surface area contributed by atoms with E-state index in [-0.39, 0.29) is 12.1 Å². The number of nitrogens with zero attached hydrogens (tertiary/aromatic N) is 2. The molecule has 1 aromatic heterocycles. The maximum atomic E-state index is 13.1. The van der Waals surface area contributed by atoms with E-state index in [1.54, 1.807) is 8.61 Å². The van der Waals surface area contributed by atoms with Crippen LogP contribution in [-0.4, -0.2) is 49.4 Å². The molecular weight excluding hydrogens is 316 g/mol. The van der Waals surface area contributed by atoms with Crippen LogP contribution in [0.2, 0.25) is 0 Å². The zero-order valence-electron chi connectivity index (χ0n) is 13.9. The molecule has 7 heteroatoms. The van der Waals surface area contributed by atoms with Crippen molar-refractivity contribution in [2.45, 2.75) is 51.7 Å². The van der Waals surface area contributed by atoms with Crippen LogP contribution in [0.3, 0.4) is 0 Å². The predicted octanol–water partition coefficient (Wildman–Crippen LogP) is 2.47. The van der Waals surface area contributed by atoms with E-state index < -0.39 is 10.2 Å². The van der Waals surface area contributed by atoms with Crippen molar-refractivity contribution in [3.8, 4) is 0 Å². The SMILES string of the molecule is CCN(C[C@@H]1CCCO1)S(=O)(=O)N1CCC[C@H]1c1ccc(C)o1. The Balaban J connectivity index is 1.78. The Morgan fingerprint density at radius 1 is 1.30 bits per heavy atom. The van der Waals surface area contributed by atoms with Gasteiger partial charge >= 0.3 is 0 Å². The molecule has 0 unspecified atom stereocenters. The summed E-state index contributed by atoms with van der Waals surface area (Å²) >= 11 is 0. The zero-order chi connectivity index (χ0) is 16.4. The molecule has 0 N–H and O–H groups in total. The highest BCUT2D eigenvalue weighted by atomic mass is 32.2. The number of furan rings is 1. The normalized spacial score (nSPS) is 26.4. The monoisotopic (exact) mass is 342 g/mol. The fourth-order valence-corrected chi connectivity index (χ4v) is 5.35. The van der Waals surface area contributed by atoms with E-state index in [4.69, 9.17) is 9.15 Å². The first-order chi connectivity index (χ1) is 11.0. The van der Waals surface area contributed by atoms with Crippen LogP contribution in [0.5, 0.6) is 0 Å². The molecule has 23 heavy (non-hydrogen) atoms. The van der Waals surface area contributed by atoms with Crippen molar-refractivity contribution in [2.75, 3.05) is 26.2 Å². The average molecular weight is 342 g/mol. The van der Waals surface area contributed by atoms with E-state index in [9.17, 15) is 8.42 Å². The summed E-state index contributed by atoms with van der Waals surface area (Å²) in [6, 6.07) is 3.60. The molecule has 6 nitrogen and oxygen atoms in total. The van der Waals surface area contributed by atoms with Gasteiger partial charge in [-0.1, -0.05) is 6.92 Å². The van der Waals surface area contributed by atoms with E-state index in [1.807, 2.05) is 26.0 Å². The first-order valence-electron chi connectivity index (χ1n) is 8.47. The lowest BCUT2D eigenvalue weighted by Gasteiger charge is -2.30. The third kappa shape index (κ3) is 3.47.